The molecule has 27 heavy (non-hydrogen) atoms. The Morgan fingerprint density at radius 3 is 2.96 bits per heavy atom. The third kappa shape index (κ3) is 4.04. The molecule has 8 nitrogen and oxygen atoms in total. The molecular formula is C18H19N5O3S. The largest absolute Gasteiger partial charge is 0.377 e. The molecule has 3 aromatic rings. The first kappa shape index (κ1) is 17.7. The number of hydrogen-bond acceptors (Lipinski definition) is 7. The van der Waals surface area contributed by atoms with Gasteiger partial charge in [-0.3, -0.25) is 9.48 Å². The van der Waals surface area contributed by atoms with Crippen molar-refractivity contribution in [2.24, 2.45) is 7.05 Å². The van der Waals surface area contributed by atoms with Crippen LogP contribution in [0.2, 0.25) is 0 Å². The van der Waals surface area contributed by atoms with E-state index in [9.17, 15) is 4.79 Å². The number of aromatic nitrogens is 4. The number of carbonyl (C=O) groups excluding carboxylic acids is 1. The van der Waals surface area contributed by atoms with Gasteiger partial charge >= 0.3 is 0 Å². The van der Waals surface area contributed by atoms with Crippen LogP contribution in [0.5, 0.6) is 0 Å². The maximum Gasteiger partial charge on any atom is 0.261 e. The van der Waals surface area contributed by atoms with Crippen LogP contribution in [0.25, 0.3) is 11.5 Å². The van der Waals surface area contributed by atoms with Crippen LogP contribution in [0.1, 0.15) is 11.9 Å². The fraction of sp³-hybridized carbons (Fsp3) is 0.333. The number of benzene rings is 1. The van der Waals surface area contributed by atoms with Gasteiger partial charge in [0.05, 0.1) is 30.7 Å². The monoisotopic (exact) mass is 385 g/mol. The Morgan fingerprint density at radius 2 is 2.19 bits per heavy atom. The van der Waals surface area contributed by atoms with Gasteiger partial charge in [-0.25, -0.2) is 0 Å². The van der Waals surface area contributed by atoms with Gasteiger partial charge in [0.15, 0.2) is 5.82 Å². The third-order valence-electron chi connectivity index (χ3n) is 4.25. The highest BCUT2D eigenvalue weighted by molar-refractivity contribution is 8.00. The number of aryl methyl sites for hydroxylation is 1. The Kier molecular flexibility index (Phi) is 5.21. The molecule has 0 radical (unpaired) electrons. The summed E-state index contributed by atoms with van der Waals surface area (Å²) in [5.41, 5.74) is 0.741. The summed E-state index contributed by atoms with van der Waals surface area (Å²) >= 11 is 1.52. The SMILES string of the molecule is Cn1cc(-c2nc([C@@H]3COCCN3C(=O)CSc3ccccc3)no2)cn1. The number of thioether (sulfide) groups is 1. The minimum atomic E-state index is -0.350. The van der Waals surface area contributed by atoms with Crippen LogP contribution in [-0.2, 0) is 16.6 Å². The van der Waals surface area contributed by atoms with E-state index in [-0.39, 0.29) is 11.9 Å². The molecule has 9 heteroatoms. The minimum Gasteiger partial charge on any atom is -0.377 e. The van der Waals surface area contributed by atoms with E-state index in [1.807, 2.05) is 37.4 Å². The van der Waals surface area contributed by atoms with Gasteiger partial charge in [-0.1, -0.05) is 23.4 Å². The van der Waals surface area contributed by atoms with Gasteiger partial charge in [-0.15, -0.1) is 11.8 Å². The van der Waals surface area contributed by atoms with Crippen LogP contribution < -0.4 is 0 Å². The van der Waals surface area contributed by atoms with Gasteiger partial charge in [0.1, 0.15) is 6.04 Å². The lowest BCUT2D eigenvalue weighted by molar-refractivity contribution is -0.137. The number of rotatable bonds is 5. The van der Waals surface area contributed by atoms with Crippen molar-refractivity contribution < 1.29 is 14.1 Å². The van der Waals surface area contributed by atoms with Crippen molar-refractivity contribution in [3.05, 3.63) is 48.5 Å². The Balaban J connectivity index is 1.47. The van der Waals surface area contributed by atoms with E-state index in [1.165, 1.54) is 11.8 Å². The van der Waals surface area contributed by atoms with Crippen molar-refractivity contribution in [2.45, 2.75) is 10.9 Å². The zero-order valence-corrected chi connectivity index (χ0v) is 15.6. The van der Waals surface area contributed by atoms with Gasteiger partial charge in [0.25, 0.3) is 5.89 Å². The average Bonchev–Trinajstić information content (AvgIpc) is 3.36. The fourth-order valence-corrected chi connectivity index (χ4v) is 3.69. The van der Waals surface area contributed by atoms with E-state index in [2.05, 4.69) is 15.2 Å². The maximum absolute atomic E-state index is 12.8. The second-order valence-corrected chi connectivity index (χ2v) is 7.19. The van der Waals surface area contributed by atoms with Crippen molar-refractivity contribution in [3.8, 4) is 11.5 Å². The van der Waals surface area contributed by atoms with E-state index in [1.54, 1.807) is 22.0 Å². The first-order valence-electron chi connectivity index (χ1n) is 8.58. The van der Waals surface area contributed by atoms with Crippen LogP contribution in [0.15, 0.2) is 52.1 Å². The quantitative estimate of drug-likeness (QED) is 0.622. The second kappa shape index (κ2) is 7.93. The molecule has 2 aromatic heterocycles. The smallest absolute Gasteiger partial charge is 0.261 e. The standard InChI is InChI=1S/C18H19N5O3S/c1-22-10-13(9-19-22)18-20-17(21-26-18)15-11-25-8-7-23(15)16(24)12-27-14-5-3-2-4-6-14/h2-6,9-10,15H,7-8,11-12H2,1H3/t15-/m0/s1. The summed E-state index contributed by atoms with van der Waals surface area (Å²) in [5, 5.41) is 8.18. The number of nitrogens with zero attached hydrogens (tertiary/aromatic N) is 5. The average molecular weight is 385 g/mol. The molecule has 0 N–H and O–H groups in total. The summed E-state index contributed by atoms with van der Waals surface area (Å²) in [5.74, 6) is 1.22. The normalized spacial score (nSPS) is 17.2. The number of ether oxygens (including phenoxy) is 1. The summed E-state index contributed by atoms with van der Waals surface area (Å²) in [7, 11) is 1.82. The molecule has 1 atom stereocenters. The van der Waals surface area contributed by atoms with Gasteiger partial charge < -0.3 is 14.2 Å². The molecule has 1 aliphatic heterocycles. The zero-order valence-electron chi connectivity index (χ0n) is 14.8. The van der Waals surface area contributed by atoms with Crippen molar-refractivity contribution in [1.82, 2.24) is 24.8 Å². The lowest BCUT2D eigenvalue weighted by Gasteiger charge is -2.33. The highest BCUT2D eigenvalue weighted by atomic mass is 32.2. The van der Waals surface area contributed by atoms with Gasteiger partial charge in [0.2, 0.25) is 5.91 Å². The van der Waals surface area contributed by atoms with Crippen LogP contribution in [0.3, 0.4) is 0 Å². The van der Waals surface area contributed by atoms with Gasteiger partial charge in [0, 0.05) is 24.7 Å². The molecule has 0 aliphatic carbocycles. The second-order valence-electron chi connectivity index (χ2n) is 6.14. The van der Waals surface area contributed by atoms with E-state index >= 15 is 0 Å². The van der Waals surface area contributed by atoms with E-state index in [0.29, 0.717) is 37.2 Å². The molecule has 0 saturated carbocycles. The molecule has 3 heterocycles. The Morgan fingerprint density at radius 1 is 1.33 bits per heavy atom. The first-order valence-corrected chi connectivity index (χ1v) is 9.57. The van der Waals surface area contributed by atoms with E-state index in [4.69, 9.17) is 9.26 Å². The zero-order chi connectivity index (χ0) is 18.6. The lowest BCUT2D eigenvalue weighted by Crippen LogP contribution is -2.44. The summed E-state index contributed by atoms with van der Waals surface area (Å²) in [6.45, 7) is 1.37. The summed E-state index contributed by atoms with van der Waals surface area (Å²) in [6, 6.07) is 9.52. The Labute approximate surface area is 160 Å². The summed E-state index contributed by atoms with van der Waals surface area (Å²) < 4.78 is 12.6. The molecule has 4 rings (SSSR count). The van der Waals surface area contributed by atoms with Crippen LogP contribution >= 0.6 is 11.8 Å². The van der Waals surface area contributed by atoms with E-state index in [0.717, 1.165) is 10.5 Å². The molecule has 0 spiro atoms. The van der Waals surface area contributed by atoms with Gasteiger partial charge in [-0.05, 0) is 12.1 Å². The highest BCUT2D eigenvalue weighted by Crippen LogP contribution is 2.26. The Hall–Kier alpha value is -2.65. The molecule has 140 valence electrons. The Bertz CT molecular complexity index is 911. The van der Waals surface area contributed by atoms with Crippen LogP contribution in [0, 0.1) is 0 Å². The number of hydrogen-bond donors (Lipinski definition) is 0. The lowest BCUT2D eigenvalue weighted by atomic mass is 10.2. The molecule has 1 aliphatic rings. The number of morpholine rings is 1. The van der Waals surface area contributed by atoms with Crippen LogP contribution in [-0.4, -0.2) is 56.2 Å². The predicted molar refractivity (Wildman–Crippen MR) is 98.9 cm³/mol. The fourth-order valence-electron chi connectivity index (χ4n) is 2.88. The molecular weight excluding hydrogens is 366 g/mol. The summed E-state index contributed by atoms with van der Waals surface area (Å²) in [4.78, 5) is 20.1. The number of carbonyl (C=O) groups is 1. The van der Waals surface area contributed by atoms with Crippen molar-refractivity contribution in [3.63, 3.8) is 0 Å². The molecule has 1 aromatic carbocycles. The maximum atomic E-state index is 12.8. The van der Waals surface area contributed by atoms with Crippen molar-refractivity contribution in [1.29, 1.82) is 0 Å². The molecule has 0 bridgehead atoms. The first-order chi connectivity index (χ1) is 13.2. The third-order valence-corrected chi connectivity index (χ3v) is 5.24. The topological polar surface area (TPSA) is 86.3 Å². The number of amides is 1. The predicted octanol–water partition coefficient (Wildman–Crippen LogP) is 2.16. The summed E-state index contributed by atoms with van der Waals surface area (Å²) in [6.07, 6.45) is 3.46. The minimum absolute atomic E-state index is 0.0323. The van der Waals surface area contributed by atoms with Gasteiger partial charge in [-0.2, -0.15) is 10.1 Å². The molecule has 1 amide bonds. The molecule has 0 unspecified atom stereocenters. The van der Waals surface area contributed by atoms with E-state index < -0.39 is 0 Å². The van der Waals surface area contributed by atoms with Crippen LogP contribution in [0.4, 0.5) is 0 Å². The molecule has 1 fully saturated rings. The molecule has 1 saturated heterocycles. The van der Waals surface area contributed by atoms with Crippen molar-refractivity contribution >= 4 is 17.7 Å². The van der Waals surface area contributed by atoms with Crippen molar-refractivity contribution in [2.75, 3.05) is 25.5 Å². The highest BCUT2D eigenvalue weighted by Gasteiger charge is 2.32.